The summed E-state index contributed by atoms with van der Waals surface area (Å²) in [6, 6.07) is 0. The first-order valence-corrected chi connectivity index (χ1v) is 8.43. The Morgan fingerprint density at radius 2 is 2.27 bits per heavy atom. The number of carbonyl (C=O) groups excluding carboxylic acids is 1. The molecular formula is C17H29N3O2. The van der Waals surface area contributed by atoms with Gasteiger partial charge in [-0.05, 0) is 44.6 Å². The minimum Gasteiger partial charge on any atom is -0.376 e. The number of piperidine rings is 1. The van der Waals surface area contributed by atoms with Gasteiger partial charge in [-0.2, -0.15) is 5.10 Å². The molecule has 1 aromatic rings. The highest BCUT2D eigenvalue weighted by Gasteiger charge is 2.26. The Kier molecular flexibility index (Phi) is 6.00. The van der Waals surface area contributed by atoms with Crippen LogP contribution in [0.15, 0.2) is 0 Å². The van der Waals surface area contributed by atoms with Crippen LogP contribution in [0.5, 0.6) is 0 Å². The van der Waals surface area contributed by atoms with E-state index >= 15 is 0 Å². The van der Waals surface area contributed by atoms with Crippen LogP contribution in [0.4, 0.5) is 0 Å². The molecule has 124 valence electrons. The summed E-state index contributed by atoms with van der Waals surface area (Å²) in [6.45, 7) is 10.6. The molecule has 2 atom stereocenters. The minimum absolute atomic E-state index is 0.197. The topological polar surface area (TPSA) is 58.2 Å². The highest BCUT2D eigenvalue weighted by atomic mass is 16.5. The van der Waals surface area contributed by atoms with Crippen molar-refractivity contribution in [3.63, 3.8) is 0 Å². The number of likely N-dealkylation sites (tertiary alicyclic amines) is 1. The summed E-state index contributed by atoms with van der Waals surface area (Å²) in [7, 11) is 0. The lowest BCUT2D eigenvalue weighted by Crippen LogP contribution is -2.43. The first kappa shape index (κ1) is 17.0. The maximum atomic E-state index is 12.6. The zero-order valence-corrected chi connectivity index (χ0v) is 14.3. The molecule has 1 aliphatic rings. The molecule has 2 rings (SSSR count). The molecule has 2 heterocycles. The van der Waals surface area contributed by atoms with Crippen LogP contribution in [0, 0.1) is 13.8 Å². The lowest BCUT2D eigenvalue weighted by molar-refractivity contribution is -0.135. The van der Waals surface area contributed by atoms with Crippen molar-refractivity contribution in [3.8, 4) is 0 Å². The van der Waals surface area contributed by atoms with E-state index in [1.54, 1.807) is 0 Å². The van der Waals surface area contributed by atoms with Crippen molar-refractivity contribution in [3.05, 3.63) is 17.0 Å². The molecule has 0 unspecified atom stereocenters. The fourth-order valence-electron chi connectivity index (χ4n) is 3.36. The van der Waals surface area contributed by atoms with Crippen LogP contribution in [-0.4, -0.2) is 46.8 Å². The van der Waals surface area contributed by atoms with Gasteiger partial charge < -0.3 is 9.64 Å². The minimum atomic E-state index is 0.197. The molecule has 0 spiro atoms. The van der Waals surface area contributed by atoms with Gasteiger partial charge in [-0.1, -0.05) is 13.8 Å². The number of nitrogens with one attached hydrogen (secondary N) is 1. The SMILES string of the molecule is CCCO[C@H]1CCCN(C(=O)C[C@H](C)c2c(C)n[nH]c2C)C1. The zero-order chi connectivity index (χ0) is 16.1. The van der Waals surface area contributed by atoms with Gasteiger partial charge in [0.1, 0.15) is 0 Å². The van der Waals surface area contributed by atoms with E-state index < -0.39 is 0 Å². The molecule has 1 aromatic heterocycles. The number of aryl methyl sites for hydroxylation is 2. The van der Waals surface area contributed by atoms with Crippen LogP contribution < -0.4 is 0 Å². The summed E-state index contributed by atoms with van der Waals surface area (Å²) in [5, 5.41) is 7.24. The van der Waals surface area contributed by atoms with Crippen molar-refractivity contribution >= 4 is 5.91 Å². The zero-order valence-electron chi connectivity index (χ0n) is 14.3. The Bertz CT molecular complexity index is 479. The first-order valence-electron chi connectivity index (χ1n) is 8.43. The van der Waals surface area contributed by atoms with Crippen molar-refractivity contribution in [2.24, 2.45) is 0 Å². The second kappa shape index (κ2) is 7.77. The summed E-state index contributed by atoms with van der Waals surface area (Å²) in [6.07, 6.45) is 3.89. The second-order valence-corrected chi connectivity index (χ2v) is 6.43. The van der Waals surface area contributed by atoms with E-state index in [0.29, 0.717) is 6.42 Å². The average Bonchev–Trinajstić information content (AvgIpc) is 2.84. The van der Waals surface area contributed by atoms with E-state index in [-0.39, 0.29) is 17.9 Å². The molecule has 22 heavy (non-hydrogen) atoms. The Morgan fingerprint density at radius 3 is 2.91 bits per heavy atom. The molecule has 1 fully saturated rings. The lowest BCUT2D eigenvalue weighted by Gasteiger charge is -2.33. The Morgan fingerprint density at radius 1 is 1.50 bits per heavy atom. The normalized spacial score (nSPS) is 20.2. The molecular weight excluding hydrogens is 278 g/mol. The Balaban J connectivity index is 1.91. The quantitative estimate of drug-likeness (QED) is 0.879. The van der Waals surface area contributed by atoms with Crippen molar-refractivity contribution < 1.29 is 9.53 Å². The summed E-state index contributed by atoms with van der Waals surface area (Å²) in [5.74, 6) is 0.431. The van der Waals surface area contributed by atoms with Crippen LogP contribution >= 0.6 is 0 Å². The van der Waals surface area contributed by atoms with Gasteiger partial charge >= 0.3 is 0 Å². The summed E-state index contributed by atoms with van der Waals surface area (Å²) in [5.41, 5.74) is 3.25. The van der Waals surface area contributed by atoms with E-state index in [0.717, 1.165) is 50.3 Å². The largest absolute Gasteiger partial charge is 0.376 e. The van der Waals surface area contributed by atoms with Gasteiger partial charge in [-0.25, -0.2) is 0 Å². The summed E-state index contributed by atoms with van der Waals surface area (Å²) in [4.78, 5) is 14.6. The Hall–Kier alpha value is -1.36. The highest BCUT2D eigenvalue weighted by molar-refractivity contribution is 5.77. The highest BCUT2D eigenvalue weighted by Crippen LogP contribution is 2.26. The van der Waals surface area contributed by atoms with E-state index in [2.05, 4.69) is 24.0 Å². The number of H-pyrrole nitrogens is 1. The number of amides is 1. The van der Waals surface area contributed by atoms with E-state index in [1.807, 2.05) is 18.7 Å². The molecule has 1 N–H and O–H groups in total. The third-order valence-electron chi connectivity index (χ3n) is 4.45. The molecule has 1 saturated heterocycles. The summed E-state index contributed by atoms with van der Waals surface area (Å²) >= 11 is 0. The molecule has 1 aliphatic heterocycles. The predicted octanol–water partition coefficient (Wildman–Crippen LogP) is 2.94. The average molecular weight is 307 g/mol. The second-order valence-electron chi connectivity index (χ2n) is 6.43. The third kappa shape index (κ3) is 4.09. The fourth-order valence-corrected chi connectivity index (χ4v) is 3.36. The Labute approximate surface area is 133 Å². The van der Waals surface area contributed by atoms with Crippen LogP contribution in [0.3, 0.4) is 0 Å². The van der Waals surface area contributed by atoms with Crippen LogP contribution in [0.25, 0.3) is 0 Å². The standard InChI is InChI=1S/C17H29N3O2/c1-5-9-22-15-7-6-8-20(11-15)16(21)10-12(2)17-13(3)18-19-14(17)4/h12,15H,5-11H2,1-4H3,(H,18,19)/t12-,15-/m0/s1. The smallest absolute Gasteiger partial charge is 0.223 e. The molecule has 0 radical (unpaired) electrons. The molecule has 0 saturated carbocycles. The number of hydrogen-bond donors (Lipinski definition) is 1. The van der Waals surface area contributed by atoms with Crippen molar-refractivity contribution in [2.45, 2.75) is 65.4 Å². The van der Waals surface area contributed by atoms with Crippen LogP contribution in [0.2, 0.25) is 0 Å². The van der Waals surface area contributed by atoms with Gasteiger partial charge in [0.25, 0.3) is 0 Å². The summed E-state index contributed by atoms with van der Waals surface area (Å²) < 4.78 is 5.82. The molecule has 5 nitrogen and oxygen atoms in total. The van der Waals surface area contributed by atoms with E-state index in [4.69, 9.17) is 4.74 Å². The third-order valence-corrected chi connectivity index (χ3v) is 4.45. The van der Waals surface area contributed by atoms with Gasteiger partial charge in [-0.3, -0.25) is 9.89 Å². The van der Waals surface area contributed by atoms with Crippen molar-refractivity contribution in [1.29, 1.82) is 0 Å². The fraction of sp³-hybridized carbons (Fsp3) is 0.765. The number of rotatable bonds is 6. The number of nitrogens with zero attached hydrogens (tertiary/aromatic N) is 2. The lowest BCUT2D eigenvalue weighted by atomic mass is 9.95. The van der Waals surface area contributed by atoms with Gasteiger partial charge in [0.2, 0.25) is 5.91 Å². The predicted molar refractivity (Wildman–Crippen MR) is 86.9 cm³/mol. The number of carbonyl (C=O) groups is 1. The number of aromatic amines is 1. The van der Waals surface area contributed by atoms with Gasteiger partial charge in [0.15, 0.2) is 0 Å². The van der Waals surface area contributed by atoms with Crippen LogP contribution in [0.1, 0.15) is 62.4 Å². The molecule has 5 heteroatoms. The van der Waals surface area contributed by atoms with E-state index in [1.165, 1.54) is 5.56 Å². The van der Waals surface area contributed by atoms with Gasteiger partial charge in [-0.15, -0.1) is 0 Å². The van der Waals surface area contributed by atoms with Gasteiger partial charge in [0.05, 0.1) is 11.8 Å². The molecule has 0 aliphatic carbocycles. The van der Waals surface area contributed by atoms with Gasteiger partial charge in [0, 0.05) is 31.8 Å². The van der Waals surface area contributed by atoms with Crippen molar-refractivity contribution in [1.82, 2.24) is 15.1 Å². The molecule has 0 bridgehead atoms. The first-order chi connectivity index (χ1) is 10.5. The maximum absolute atomic E-state index is 12.6. The van der Waals surface area contributed by atoms with Crippen LogP contribution in [-0.2, 0) is 9.53 Å². The molecule has 1 amide bonds. The van der Waals surface area contributed by atoms with E-state index in [9.17, 15) is 4.79 Å². The molecule has 0 aromatic carbocycles. The maximum Gasteiger partial charge on any atom is 0.223 e. The van der Waals surface area contributed by atoms with Crippen molar-refractivity contribution in [2.75, 3.05) is 19.7 Å². The number of hydrogen-bond acceptors (Lipinski definition) is 3. The number of aromatic nitrogens is 2. The number of ether oxygens (including phenoxy) is 1. The monoisotopic (exact) mass is 307 g/mol.